The summed E-state index contributed by atoms with van der Waals surface area (Å²) >= 11 is 0. The fourth-order valence-electron chi connectivity index (χ4n) is 3.77. The molecular formula is C20H18FN3O4. The van der Waals surface area contributed by atoms with E-state index >= 15 is 0 Å². The summed E-state index contributed by atoms with van der Waals surface area (Å²) in [6, 6.07) is 9.40. The smallest absolute Gasteiger partial charge is 0.331 e. The van der Waals surface area contributed by atoms with E-state index < -0.39 is 23.7 Å². The van der Waals surface area contributed by atoms with Crippen molar-refractivity contribution in [2.45, 2.75) is 12.5 Å². The Morgan fingerprint density at radius 1 is 1.14 bits per heavy atom. The molecule has 1 saturated heterocycles. The number of urea groups is 1. The van der Waals surface area contributed by atoms with Crippen LogP contribution in [0, 0.1) is 5.82 Å². The van der Waals surface area contributed by atoms with E-state index in [2.05, 4.69) is 5.32 Å². The maximum atomic E-state index is 14.5. The van der Waals surface area contributed by atoms with E-state index in [0.717, 1.165) is 11.6 Å². The first-order valence-electron chi connectivity index (χ1n) is 8.94. The molecule has 0 aliphatic carbocycles. The minimum Gasteiger partial charge on any atom is -0.479 e. The van der Waals surface area contributed by atoms with E-state index in [-0.39, 0.29) is 18.1 Å². The van der Waals surface area contributed by atoms with Gasteiger partial charge in [-0.1, -0.05) is 24.3 Å². The van der Waals surface area contributed by atoms with Gasteiger partial charge in [-0.3, -0.25) is 9.69 Å². The standard InChI is InChI=1S/C20H18FN3O4/c21-16-6-5-13(23-10-8-22-20(23)28)11-15(16)18(25)24-9-7-12-3-1-2-4-14(12)17(24)19(26)27/h1-6,11,17H,7-10H2,(H,22,28)(H,26,27). The van der Waals surface area contributed by atoms with Crippen molar-refractivity contribution in [3.8, 4) is 0 Å². The average molecular weight is 383 g/mol. The molecule has 2 heterocycles. The Hall–Kier alpha value is -3.42. The van der Waals surface area contributed by atoms with Crippen LogP contribution in [0.15, 0.2) is 42.5 Å². The second kappa shape index (κ2) is 6.95. The van der Waals surface area contributed by atoms with Gasteiger partial charge in [-0.15, -0.1) is 0 Å². The van der Waals surface area contributed by atoms with E-state index in [1.165, 1.54) is 21.9 Å². The van der Waals surface area contributed by atoms with Gasteiger partial charge in [-0.05, 0) is 35.7 Å². The first-order chi connectivity index (χ1) is 13.5. The number of benzene rings is 2. The van der Waals surface area contributed by atoms with Gasteiger partial charge in [0.2, 0.25) is 0 Å². The van der Waals surface area contributed by atoms with E-state index in [4.69, 9.17) is 0 Å². The minimum atomic E-state index is -1.18. The molecule has 0 saturated carbocycles. The Balaban J connectivity index is 1.71. The molecule has 7 nitrogen and oxygen atoms in total. The SMILES string of the molecule is O=C(O)C1c2ccccc2CCN1C(=O)c1cc(N2CCNC2=O)ccc1F. The molecule has 0 radical (unpaired) electrons. The first kappa shape index (κ1) is 18.0. The molecule has 2 aliphatic heterocycles. The van der Waals surface area contributed by atoms with Crippen molar-refractivity contribution in [1.82, 2.24) is 10.2 Å². The molecule has 28 heavy (non-hydrogen) atoms. The number of carbonyl (C=O) groups excluding carboxylic acids is 2. The third-order valence-corrected chi connectivity index (χ3v) is 5.13. The van der Waals surface area contributed by atoms with Gasteiger partial charge in [0, 0.05) is 25.3 Å². The van der Waals surface area contributed by atoms with Crippen LogP contribution in [-0.4, -0.2) is 47.5 Å². The van der Waals surface area contributed by atoms with Crippen molar-refractivity contribution in [2.75, 3.05) is 24.5 Å². The average Bonchev–Trinajstić information content (AvgIpc) is 3.12. The van der Waals surface area contributed by atoms with Crippen LogP contribution in [0.5, 0.6) is 0 Å². The zero-order valence-corrected chi connectivity index (χ0v) is 14.9. The summed E-state index contributed by atoms with van der Waals surface area (Å²) < 4.78 is 14.5. The molecule has 2 N–H and O–H groups in total. The Morgan fingerprint density at radius 3 is 2.64 bits per heavy atom. The molecule has 1 unspecified atom stereocenters. The van der Waals surface area contributed by atoms with Crippen LogP contribution in [0.2, 0.25) is 0 Å². The molecule has 0 bridgehead atoms. The first-order valence-corrected chi connectivity index (χ1v) is 8.94. The largest absolute Gasteiger partial charge is 0.479 e. The van der Waals surface area contributed by atoms with Crippen molar-refractivity contribution in [3.63, 3.8) is 0 Å². The van der Waals surface area contributed by atoms with E-state index in [1.807, 2.05) is 12.1 Å². The fraction of sp³-hybridized carbons (Fsp3) is 0.250. The van der Waals surface area contributed by atoms with Crippen molar-refractivity contribution >= 4 is 23.6 Å². The minimum absolute atomic E-state index is 0.167. The lowest BCUT2D eigenvalue weighted by molar-refractivity contribution is -0.143. The highest BCUT2D eigenvalue weighted by molar-refractivity contribution is 6.00. The number of rotatable bonds is 3. The lowest BCUT2D eigenvalue weighted by Gasteiger charge is -2.35. The van der Waals surface area contributed by atoms with Crippen LogP contribution in [0.1, 0.15) is 27.5 Å². The van der Waals surface area contributed by atoms with Crippen LogP contribution in [-0.2, 0) is 11.2 Å². The third-order valence-electron chi connectivity index (χ3n) is 5.13. The Morgan fingerprint density at radius 2 is 1.93 bits per heavy atom. The highest BCUT2D eigenvalue weighted by Gasteiger charge is 2.37. The topological polar surface area (TPSA) is 89.9 Å². The summed E-state index contributed by atoms with van der Waals surface area (Å²) in [6.45, 7) is 1.04. The van der Waals surface area contributed by atoms with Crippen LogP contribution >= 0.6 is 0 Å². The van der Waals surface area contributed by atoms with Gasteiger partial charge in [0.05, 0.1) is 5.56 Å². The van der Waals surface area contributed by atoms with Gasteiger partial charge in [0.1, 0.15) is 5.82 Å². The molecule has 2 aliphatic rings. The van der Waals surface area contributed by atoms with Crippen LogP contribution < -0.4 is 10.2 Å². The Bertz CT molecular complexity index is 978. The molecule has 8 heteroatoms. The van der Waals surface area contributed by atoms with Crippen LogP contribution in [0.4, 0.5) is 14.9 Å². The molecule has 1 atom stereocenters. The fourth-order valence-corrected chi connectivity index (χ4v) is 3.77. The Kier molecular flexibility index (Phi) is 4.46. The highest BCUT2D eigenvalue weighted by atomic mass is 19.1. The Labute approximate surface area is 160 Å². The van der Waals surface area contributed by atoms with Gasteiger partial charge in [0.25, 0.3) is 5.91 Å². The number of aliphatic carboxylic acids is 1. The maximum Gasteiger partial charge on any atom is 0.331 e. The summed E-state index contributed by atoms with van der Waals surface area (Å²) in [6.07, 6.45) is 0.488. The molecule has 2 aromatic rings. The van der Waals surface area contributed by atoms with Crippen molar-refractivity contribution < 1.29 is 23.9 Å². The summed E-state index contributed by atoms with van der Waals surface area (Å²) in [7, 11) is 0. The second-order valence-corrected chi connectivity index (χ2v) is 6.74. The normalized spacial score (nSPS) is 18.6. The molecule has 4 rings (SSSR count). The molecule has 3 amide bonds. The van der Waals surface area contributed by atoms with Gasteiger partial charge in [-0.25, -0.2) is 14.0 Å². The number of hydrogen-bond acceptors (Lipinski definition) is 3. The second-order valence-electron chi connectivity index (χ2n) is 6.74. The number of hydrogen-bond donors (Lipinski definition) is 2. The van der Waals surface area contributed by atoms with Crippen molar-refractivity contribution in [3.05, 3.63) is 65.0 Å². The zero-order chi connectivity index (χ0) is 19.8. The summed E-state index contributed by atoms with van der Waals surface area (Å²) in [5.74, 6) is -2.63. The summed E-state index contributed by atoms with van der Waals surface area (Å²) in [4.78, 5) is 39.5. The molecule has 0 spiro atoms. The lowest BCUT2D eigenvalue weighted by atomic mass is 9.92. The summed E-state index contributed by atoms with van der Waals surface area (Å²) in [5.41, 5.74) is 1.54. The van der Waals surface area contributed by atoms with Crippen LogP contribution in [0.25, 0.3) is 0 Å². The number of carboxylic acid groups (broad SMARTS) is 1. The zero-order valence-electron chi connectivity index (χ0n) is 14.9. The highest BCUT2D eigenvalue weighted by Crippen LogP contribution is 2.32. The van der Waals surface area contributed by atoms with Gasteiger partial charge in [-0.2, -0.15) is 0 Å². The number of halogens is 1. The number of anilines is 1. The molecular weight excluding hydrogens is 365 g/mol. The van der Waals surface area contributed by atoms with Gasteiger partial charge < -0.3 is 15.3 Å². The number of carboxylic acids is 1. The molecule has 1 fully saturated rings. The number of amides is 3. The van der Waals surface area contributed by atoms with E-state index in [1.54, 1.807) is 12.1 Å². The number of nitrogens with zero attached hydrogens (tertiary/aromatic N) is 2. The lowest BCUT2D eigenvalue weighted by Crippen LogP contribution is -2.43. The van der Waals surface area contributed by atoms with Crippen molar-refractivity contribution in [1.29, 1.82) is 0 Å². The number of nitrogens with one attached hydrogen (secondary N) is 1. The predicted molar refractivity (Wildman–Crippen MR) is 98.7 cm³/mol. The van der Waals surface area contributed by atoms with Crippen LogP contribution in [0.3, 0.4) is 0 Å². The molecule has 0 aromatic heterocycles. The molecule has 144 valence electrons. The predicted octanol–water partition coefficient (Wildman–Crippen LogP) is 2.18. The van der Waals surface area contributed by atoms with Gasteiger partial charge >= 0.3 is 12.0 Å². The monoisotopic (exact) mass is 383 g/mol. The van der Waals surface area contributed by atoms with Gasteiger partial charge in [0.15, 0.2) is 6.04 Å². The van der Waals surface area contributed by atoms with Crippen molar-refractivity contribution in [2.24, 2.45) is 0 Å². The number of fused-ring (bicyclic) bond motifs is 1. The molecule has 2 aromatic carbocycles. The number of carbonyl (C=O) groups is 3. The third kappa shape index (κ3) is 2.96. The van der Waals surface area contributed by atoms with E-state index in [9.17, 15) is 23.9 Å². The van der Waals surface area contributed by atoms with E-state index in [0.29, 0.717) is 30.8 Å². The summed E-state index contributed by atoms with van der Waals surface area (Å²) in [5, 5.41) is 12.4. The maximum absolute atomic E-state index is 14.5. The quantitative estimate of drug-likeness (QED) is 0.850.